The molecule has 7 heavy (non-hydrogen) atoms. The summed E-state index contributed by atoms with van der Waals surface area (Å²) in [7, 11) is 0. The van der Waals surface area contributed by atoms with Crippen LogP contribution < -0.4 is 5.73 Å². The molecule has 0 amide bonds. The topological polar surface area (TPSA) is 26.0 Å². The van der Waals surface area contributed by atoms with Gasteiger partial charge in [-0.3, -0.25) is 0 Å². The molecule has 0 heterocycles. The lowest BCUT2D eigenvalue weighted by Gasteiger charge is -1.98. The molecule has 0 aliphatic rings. The first kappa shape index (κ1) is 6.68. The number of thiocarbonyl (C=S) groups is 1. The summed E-state index contributed by atoms with van der Waals surface area (Å²) in [5.74, 6) is 0. The predicted octanol–water partition coefficient (Wildman–Crippen LogP) is 0.835. The summed E-state index contributed by atoms with van der Waals surface area (Å²) < 4.78 is 32.7. The van der Waals surface area contributed by atoms with E-state index in [1.54, 1.807) is 0 Å². The van der Waals surface area contributed by atoms with Crippen LogP contribution in [0.5, 0.6) is 0 Å². The van der Waals surface area contributed by atoms with Crippen LogP contribution in [0.3, 0.4) is 0 Å². The van der Waals surface area contributed by atoms with Gasteiger partial charge in [-0.05, 0) is 0 Å². The lowest BCUT2D eigenvalue weighted by molar-refractivity contribution is -0.0573. The molecule has 0 aliphatic heterocycles. The maximum Gasteiger partial charge on any atom is 0.441 e. The lowest BCUT2D eigenvalue weighted by Crippen LogP contribution is -2.28. The second-order valence-electron chi connectivity index (χ2n) is 0.862. The van der Waals surface area contributed by atoms with Gasteiger partial charge in [0.2, 0.25) is 0 Å². The van der Waals surface area contributed by atoms with E-state index in [0.717, 1.165) is 0 Å². The summed E-state index contributed by atoms with van der Waals surface area (Å²) in [5, 5.41) is 0. The molecule has 0 rings (SSSR count). The molecule has 0 aromatic rings. The van der Waals surface area contributed by atoms with Crippen molar-refractivity contribution in [3.63, 3.8) is 0 Å². The average Bonchev–Trinajstić information content (AvgIpc) is 1.31. The molecule has 2 N–H and O–H groups in total. The Morgan fingerprint density at radius 1 is 1.43 bits per heavy atom. The van der Waals surface area contributed by atoms with Crippen LogP contribution in [0, 0.1) is 0 Å². The monoisotopic (exact) mass is 129 g/mol. The third-order valence-electron chi connectivity index (χ3n) is 0.279. The van der Waals surface area contributed by atoms with Gasteiger partial charge in [0.05, 0.1) is 0 Å². The number of hydrogen-bond acceptors (Lipinski definition) is 1. The second-order valence-corrected chi connectivity index (χ2v) is 1.30. The molecule has 0 unspecified atom stereocenters. The molecular formula is C2H2F3NS. The fourth-order valence-corrected chi connectivity index (χ4v) is 0. The van der Waals surface area contributed by atoms with Gasteiger partial charge in [-0.25, -0.2) is 0 Å². The minimum atomic E-state index is -4.49. The highest BCUT2D eigenvalue weighted by atomic mass is 32.1. The summed E-state index contributed by atoms with van der Waals surface area (Å²) in [6, 6.07) is 0. The van der Waals surface area contributed by atoms with Crippen molar-refractivity contribution in [1.82, 2.24) is 0 Å². The SMILES string of the molecule is NC(=S)C(F)(F)F. The fraction of sp³-hybridized carbons (Fsp3) is 0.500. The van der Waals surface area contributed by atoms with E-state index in [9.17, 15) is 13.2 Å². The van der Waals surface area contributed by atoms with Gasteiger partial charge in [0.1, 0.15) is 0 Å². The Bertz CT molecular complexity index is 85.4. The maximum atomic E-state index is 10.9. The van der Waals surface area contributed by atoms with E-state index in [4.69, 9.17) is 0 Å². The van der Waals surface area contributed by atoms with Gasteiger partial charge in [-0.15, -0.1) is 0 Å². The highest BCUT2D eigenvalue weighted by Gasteiger charge is 2.31. The summed E-state index contributed by atoms with van der Waals surface area (Å²) in [5.41, 5.74) is 4.18. The van der Waals surface area contributed by atoms with E-state index in [1.165, 1.54) is 0 Å². The van der Waals surface area contributed by atoms with E-state index in [-0.39, 0.29) is 0 Å². The van der Waals surface area contributed by atoms with Gasteiger partial charge in [-0.2, -0.15) is 13.2 Å². The Labute approximate surface area is 43.3 Å². The first-order chi connectivity index (χ1) is 2.94. The Morgan fingerprint density at radius 3 is 1.57 bits per heavy atom. The van der Waals surface area contributed by atoms with E-state index in [0.29, 0.717) is 0 Å². The zero-order valence-electron chi connectivity index (χ0n) is 3.12. The molecule has 0 fully saturated rings. The summed E-state index contributed by atoms with van der Waals surface area (Å²) >= 11 is 3.59. The van der Waals surface area contributed by atoms with Gasteiger partial charge in [0, 0.05) is 0 Å². The van der Waals surface area contributed by atoms with Gasteiger partial charge in [0.25, 0.3) is 0 Å². The molecule has 0 aliphatic carbocycles. The molecule has 0 bridgehead atoms. The van der Waals surface area contributed by atoms with E-state index in [1.807, 2.05) is 0 Å². The Hall–Kier alpha value is -0.320. The Kier molecular flexibility index (Phi) is 1.58. The molecule has 0 atom stereocenters. The molecule has 0 aromatic carbocycles. The third kappa shape index (κ3) is 2.38. The Morgan fingerprint density at radius 2 is 1.57 bits per heavy atom. The van der Waals surface area contributed by atoms with Crippen LogP contribution in [0.4, 0.5) is 13.2 Å². The van der Waals surface area contributed by atoms with Crippen LogP contribution in [0.2, 0.25) is 0 Å². The van der Waals surface area contributed by atoms with Crippen LogP contribution in [-0.4, -0.2) is 11.2 Å². The summed E-state index contributed by atoms with van der Waals surface area (Å²) in [4.78, 5) is -1.42. The zero-order valence-corrected chi connectivity index (χ0v) is 3.94. The first-order valence-electron chi connectivity index (χ1n) is 1.31. The van der Waals surface area contributed by atoms with E-state index >= 15 is 0 Å². The van der Waals surface area contributed by atoms with E-state index in [2.05, 4.69) is 18.0 Å². The molecule has 0 spiro atoms. The number of halogens is 3. The van der Waals surface area contributed by atoms with Gasteiger partial charge >= 0.3 is 6.18 Å². The largest absolute Gasteiger partial charge is 0.441 e. The van der Waals surface area contributed by atoms with Crippen molar-refractivity contribution in [2.75, 3.05) is 0 Å². The van der Waals surface area contributed by atoms with Crippen molar-refractivity contribution in [2.24, 2.45) is 5.73 Å². The van der Waals surface area contributed by atoms with Crippen molar-refractivity contribution in [2.45, 2.75) is 6.18 Å². The number of nitrogens with two attached hydrogens (primary N) is 1. The summed E-state index contributed by atoms with van der Waals surface area (Å²) in [6.07, 6.45) is -4.49. The second kappa shape index (κ2) is 1.65. The first-order valence-corrected chi connectivity index (χ1v) is 1.72. The van der Waals surface area contributed by atoms with Gasteiger partial charge in [0.15, 0.2) is 4.99 Å². The van der Waals surface area contributed by atoms with Gasteiger partial charge < -0.3 is 5.73 Å². The zero-order chi connectivity index (χ0) is 6.08. The minimum Gasteiger partial charge on any atom is -0.386 e. The van der Waals surface area contributed by atoms with Gasteiger partial charge in [-0.1, -0.05) is 12.2 Å². The number of alkyl halides is 3. The average molecular weight is 129 g/mol. The molecular weight excluding hydrogens is 127 g/mol. The molecule has 1 nitrogen and oxygen atoms in total. The highest BCUT2D eigenvalue weighted by molar-refractivity contribution is 7.80. The highest BCUT2D eigenvalue weighted by Crippen LogP contribution is 2.13. The molecule has 5 heteroatoms. The van der Waals surface area contributed by atoms with Crippen LogP contribution >= 0.6 is 12.2 Å². The van der Waals surface area contributed by atoms with Crippen LogP contribution in [-0.2, 0) is 0 Å². The minimum absolute atomic E-state index is 1.42. The molecule has 0 saturated carbocycles. The van der Waals surface area contributed by atoms with E-state index < -0.39 is 11.2 Å². The normalized spacial score (nSPS) is 11.3. The quantitative estimate of drug-likeness (QED) is 0.490. The smallest absolute Gasteiger partial charge is 0.386 e. The number of hydrogen-bond donors (Lipinski definition) is 1. The third-order valence-corrected chi connectivity index (χ3v) is 0.511. The van der Waals surface area contributed by atoms with Crippen LogP contribution in [0.15, 0.2) is 0 Å². The maximum absolute atomic E-state index is 10.9. The van der Waals surface area contributed by atoms with Crippen LogP contribution in [0.25, 0.3) is 0 Å². The lowest BCUT2D eigenvalue weighted by atomic mass is 10.7. The van der Waals surface area contributed by atoms with Crippen LogP contribution in [0.1, 0.15) is 0 Å². The molecule has 0 aromatic heterocycles. The summed E-state index contributed by atoms with van der Waals surface area (Å²) in [6.45, 7) is 0. The van der Waals surface area contributed by atoms with Crippen molar-refractivity contribution >= 4 is 17.2 Å². The Balaban J connectivity index is 3.79. The molecule has 42 valence electrons. The predicted molar refractivity (Wildman–Crippen MR) is 22.8 cm³/mol. The standard InChI is InChI=1S/C2H2F3NS/c3-2(4,5)1(6)7/h(H2,6,7). The van der Waals surface area contributed by atoms with Crippen molar-refractivity contribution < 1.29 is 13.2 Å². The van der Waals surface area contributed by atoms with Crippen molar-refractivity contribution in [1.29, 1.82) is 0 Å². The van der Waals surface area contributed by atoms with Crippen molar-refractivity contribution in [3.8, 4) is 0 Å². The number of rotatable bonds is 0. The molecule has 0 radical (unpaired) electrons. The molecule has 0 saturated heterocycles. The fourth-order valence-electron chi connectivity index (χ4n) is 0. The van der Waals surface area contributed by atoms with Crippen molar-refractivity contribution in [3.05, 3.63) is 0 Å².